The van der Waals surface area contributed by atoms with Gasteiger partial charge in [0.1, 0.15) is 12.4 Å². The van der Waals surface area contributed by atoms with E-state index in [4.69, 9.17) is 9.84 Å². The van der Waals surface area contributed by atoms with Crippen molar-refractivity contribution in [2.45, 2.75) is 26.3 Å². The van der Waals surface area contributed by atoms with Crippen LogP contribution in [-0.4, -0.2) is 49.3 Å². The second-order valence-corrected chi connectivity index (χ2v) is 6.01. The molecule has 2 N–H and O–H groups in total. The molecule has 0 bridgehead atoms. The molecule has 2 rings (SSSR count). The van der Waals surface area contributed by atoms with Crippen molar-refractivity contribution in [1.29, 1.82) is 0 Å². The number of methoxy groups -OCH3 is 1. The van der Waals surface area contributed by atoms with E-state index >= 15 is 0 Å². The van der Waals surface area contributed by atoms with Gasteiger partial charge >= 0.3 is 0 Å². The highest BCUT2D eigenvalue weighted by Gasteiger charge is 2.20. The van der Waals surface area contributed by atoms with Gasteiger partial charge in [-0.25, -0.2) is 0 Å². The van der Waals surface area contributed by atoms with Crippen LogP contribution in [0.3, 0.4) is 0 Å². The maximum absolute atomic E-state index is 11.1. The van der Waals surface area contributed by atoms with E-state index in [2.05, 4.69) is 29.3 Å². The summed E-state index contributed by atoms with van der Waals surface area (Å²) in [6, 6.07) is 6.31. The first-order chi connectivity index (χ1) is 10.6. The maximum atomic E-state index is 11.1. The average molecular weight is 306 g/mol. The molecule has 0 saturated carbocycles. The van der Waals surface area contributed by atoms with Crippen molar-refractivity contribution in [3.63, 3.8) is 0 Å². The topological polar surface area (TPSA) is 61.8 Å². The Morgan fingerprint density at radius 2 is 2.32 bits per heavy atom. The quantitative estimate of drug-likeness (QED) is 0.832. The summed E-state index contributed by atoms with van der Waals surface area (Å²) in [6.45, 7) is 5.28. The van der Waals surface area contributed by atoms with Gasteiger partial charge in [-0.3, -0.25) is 9.69 Å². The molecule has 0 aliphatic carbocycles. The number of piperidine rings is 1. The molecule has 0 aromatic heterocycles. The molecular formula is C17H26N2O3. The van der Waals surface area contributed by atoms with Crippen molar-refractivity contribution in [1.82, 2.24) is 10.2 Å². The third-order valence-corrected chi connectivity index (χ3v) is 4.20. The van der Waals surface area contributed by atoms with Crippen LogP contribution >= 0.6 is 0 Å². The number of rotatable bonds is 6. The van der Waals surface area contributed by atoms with Gasteiger partial charge in [-0.15, -0.1) is 0 Å². The number of hydrogen-bond donors (Lipinski definition) is 2. The third-order valence-electron chi connectivity index (χ3n) is 4.20. The van der Waals surface area contributed by atoms with Crippen molar-refractivity contribution in [2.24, 2.45) is 5.92 Å². The first-order valence-corrected chi connectivity index (χ1v) is 7.85. The fourth-order valence-electron chi connectivity index (χ4n) is 3.07. The Balaban J connectivity index is 1.87. The summed E-state index contributed by atoms with van der Waals surface area (Å²) < 4.78 is 5.30. The summed E-state index contributed by atoms with van der Waals surface area (Å²) in [5.74, 6) is 1.10. The standard InChI is InChI=1S/C17H26N2O3/c1-13-8-14(5-6-16(13)22-2)10-19-7-3-4-15(11-19)9-18-17(21)12-20/h5-6,8,15,20H,3-4,7,9-12H2,1-2H3,(H,18,21)/t15-/m1/s1. The minimum absolute atomic E-state index is 0.289. The monoisotopic (exact) mass is 306 g/mol. The predicted octanol–water partition coefficient (Wildman–Crippen LogP) is 1.32. The Bertz CT molecular complexity index is 505. The van der Waals surface area contributed by atoms with Gasteiger partial charge in [0.15, 0.2) is 0 Å². The van der Waals surface area contributed by atoms with E-state index in [-0.39, 0.29) is 5.91 Å². The smallest absolute Gasteiger partial charge is 0.245 e. The molecule has 0 radical (unpaired) electrons. The summed E-state index contributed by atoms with van der Waals surface area (Å²) in [7, 11) is 1.69. The molecule has 1 amide bonds. The maximum Gasteiger partial charge on any atom is 0.245 e. The number of aliphatic hydroxyl groups is 1. The predicted molar refractivity (Wildman–Crippen MR) is 85.8 cm³/mol. The molecule has 1 aromatic rings. The Morgan fingerprint density at radius 3 is 3.00 bits per heavy atom. The lowest BCUT2D eigenvalue weighted by atomic mass is 9.97. The van der Waals surface area contributed by atoms with Crippen LogP contribution in [0.2, 0.25) is 0 Å². The minimum atomic E-state index is -0.429. The fraction of sp³-hybridized carbons (Fsp3) is 0.588. The number of aliphatic hydroxyl groups excluding tert-OH is 1. The second kappa shape index (κ2) is 8.15. The van der Waals surface area contributed by atoms with Crippen molar-refractivity contribution in [3.8, 4) is 5.75 Å². The van der Waals surface area contributed by atoms with E-state index in [0.29, 0.717) is 12.5 Å². The largest absolute Gasteiger partial charge is 0.496 e. The summed E-state index contributed by atoms with van der Waals surface area (Å²) in [5, 5.41) is 11.5. The molecule has 1 atom stereocenters. The van der Waals surface area contributed by atoms with E-state index in [1.54, 1.807) is 7.11 Å². The van der Waals surface area contributed by atoms with Crippen LogP contribution in [0.25, 0.3) is 0 Å². The first-order valence-electron chi connectivity index (χ1n) is 7.85. The van der Waals surface area contributed by atoms with Gasteiger partial charge in [0, 0.05) is 19.6 Å². The second-order valence-electron chi connectivity index (χ2n) is 6.01. The van der Waals surface area contributed by atoms with Crippen molar-refractivity contribution in [2.75, 3.05) is 33.4 Å². The molecule has 0 spiro atoms. The van der Waals surface area contributed by atoms with Crippen LogP contribution in [0.5, 0.6) is 5.75 Å². The van der Waals surface area contributed by atoms with Gasteiger partial charge < -0.3 is 15.2 Å². The van der Waals surface area contributed by atoms with Gasteiger partial charge in [0.05, 0.1) is 7.11 Å². The molecule has 1 heterocycles. The average Bonchev–Trinajstić information content (AvgIpc) is 2.53. The zero-order chi connectivity index (χ0) is 15.9. The number of nitrogens with zero attached hydrogens (tertiary/aromatic N) is 1. The summed E-state index contributed by atoms with van der Waals surface area (Å²) in [4.78, 5) is 13.6. The molecule has 122 valence electrons. The SMILES string of the molecule is COc1ccc(CN2CCC[C@H](CNC(=O)CO)C2)cc1C. The van der Waals surface area contributed by atoms with Crippen LogP contribution in [0.1, 0.15) is 24.0 Å². The van der Waals surface area contributed by atoms with E-state index in [0.717, 1.165) is 43.8 Å². The zero-order valence-electron chi connectivity index (χ0n) is 13.5. The Hall–Kier alpha value is -1.59. The molecule has 1 fully saturated rings. The molecule has 1 aliphatic rings. The molecule has 22 heavy (non-hydrogen) atoms. The number of carbonyl (C=O) groups is 1. The number of benzene rings is 1. The molecule has 1 aliphatic heterocycles. The normalized spacial score (nSPS) is 19.0. The molecule has 5 heteroatoms. The lowest BCUT2D eigenvalue weighted by Gasteiger charge is -2.33. The van der Waals surface area contributed by atoms with Crippen molar-refractivity contribution in [3.05, 3.63) is 29.3 Å². The minimum Gasteiger partial charge on any atom is -0.496 e. The Morgan fingerprint density at radius 1 is 1.50 bits per heavy atom. The van der Waals surface area contributed by atoms with Crippen molar-refractivity contribution >= 4 is 5.91 Å². The molecule has 0 unspecified atom stereocenters. The highest BCUT2D eigenvalue weighted by molar-refractivity contribution is 5.76. The van der Waals surface area contributed by atoms with E-state index in [1.165, 1.54) is 5.56 Å². The zero-order valence-corrected chi connectivity index (χ0v) is 13.5. The third kappa shape index (κ3) is 4.71. The molecule has 1 saturated heterocycles. The molecule has 1 aromatic carbocycles. The van der Waals surface area contributed by atoms with Crippen LogP contribution < -0.4 is 10.1 Å². The number of carbonyl (C=O) groups excluding carboxylic acids is 1. The number of likely N-dealkylation sites (tertiary alicyclic amines) is 1. The summed E-state index contributed by atoms with van der Waals surface area (Å²) in [5.41, 5.74) is 2.45. The summed E-state index contributed by atoms with van der Waals surface area (Å²) in [6.07, 6.45) is 2.28. The van der Waals surface area contributed by atoms with Gasteiger partial charge in [-0.1, -0.05) is 12.1 Å². The van der Waals surface area contributed by atoms with Crippen molar-refractivity contribution < 1.29 is 14.6 Å². The first kappa shape index (κ1) is 16.8. The number of ether oxygens (including phenoxy) is 1. The van der Waals surface area contributed by atoms with E-state index in [9.17, 15) is 4.79 Å². The van der Waals surface area contributed by atoms with Gasteiger partial charge in [-0.05, 0) is 49.4 Å². The van der Waals surface area contributed by atoms with Gasteiger partial charge in [0.2, 0.25) is 5.91 Å². The van der Waals surface area contributed by atoms with E-state index in [1.807, 2.05) is 6.07 Å². The Kier molecular flexibility index (Phi) is 6.21. The molecule has 5 nitrogen and oxygen atoms in total. The van der Waals surface area contributed by atoms with Crippen LogP contribution in [-0.2, 0) is 11.3 Å². The fourth-order valence-corrected chi connectivity index (χ4v) is 3.07. The van der Waals surface area contributed by atoms with Crippen LogP contribution in [0.15, 0.2) is 18.2 Å². The Labute approximate surface area is 132 Å². The van der Waals surface area contributed by atoms with Gasteiger partial charge in [0.25, 0.3) is 0 Å². The van der Waals surface area contributed by atoms with Crippen LogP contribution in [0.4, 0.5) is 0 Å². The number of aryl methyl sites for hydroxylation is 1. The van der Waals surface area contributed by atoms with Gasteiger partial charge in [-0.2, -0.15) is 0 Å². The number of amides is 1. The summed E-state index contributed by atoms with van der Waals surface area (Å²) >= 11 is 0. The van der Waals surface area contributed by atoms with Crippen LogP contribution in [0, 0.1) is 12.8 Å². The lowest BCUT2D eigenvalue weighted by molar-refractivity contribution is -0.124. The van der Waals surface area contributed by atoms with E-state index < -0.39 is 6.61 Å². The number of hydrogen-bond acceptors (Lipinski definition) is 4. The lowest BCUT2D eigenvalue weighted by Crippen LogP contribution is -2.41. The number of nitrogens with one attached hydrogen (secondary N) is 1. The highest BCUT2D eigenvalue weighted by Crippen LogP contribution is 2.22. The highest BCUT2D eigenvalue weighted by atomic mass is 16.5. The molecular weight excluding hydrogens is 280 g/mol.